The number of hydrogen-bond donors (Lipinski definition) is 0. The van der Waals surface area contributed by atoms with Gasteiger partial charge in [0.15, 0.2) is 17.5 Å². The Morgan fingerprint density at radius 2 is 1.18 bits per heavy atom. The Morgan fingerprint density at radius 1 is 0.500 bits per heavy atom. The number of fused-ring (bicyclic) bond motifs is 11. The lowest BCUT2D eigenvalue weighted by Crippen LogP contribution is -2.07. The zero-order valence-electron chi connectivity index (χ0n) is 30.1. The maximum Gasteiger partial charge on any atom is 0.165 e. The lowest BCUT2D eigenvalue weighted by atomic mass is 9.84. The van der Waals surface area contributed by atoms with Gasteiger partial charge in [0.2, 0.25) is 0 Å². The number of para-hydroxylation sites is 1. The minimum Gasteiger partial charge on any atom is -0.459 e. The van der Waals surface area contributed by atoms with E-state index in [-0.39, 0.29) is 5.92 Å². The molecule has 2 aromatic heterocycles. The van der Waals surface area contributed by atoms with Gasteiger partial charge in [-0.3, -0.25) is 0 Å². The van der Waals surface area contributed by atoms with E-state index in [4.69, 9.17) is 24.1 Å². The Morgan fingerprint density at radius 3 is 2.05 bits per heavy atom. The van der Waals surface area contributed by atoms with E-state index < -0.39 is 0 Å². The second kappa shape index (κ2) is 12.1. The van der Waals surface area contributed by atoms with Crippen LogP contribution < -0.4 is 4.74 Å². The topological polar surface area (TPSA) is 61.0 Å². The third kappa shape index (κ3) is 4.71. The predicted octanol–water partition coefficient (Wildman–Crippen LogP) is 13.1. The highest BCUT2D eigenvalue weighted by Gasteiger charge is 2.35. The summed E-state index contributed by atoms with van der Waals surface area (Å²) in [6.45, 7) is 0. The van der Waals surface area contributed by atoms with Gasteiger partial charge in [-0.25, -0.2) is 15.0 Å². The minimum absolute atomic E-state index is 0.0988. The van der Waals surface area contributed by atoms with Crippen molar-refractivity contribution in [2.45, 2.75) is 12.3 Å². The summed E-state index contributed by atoms with van der Waals surface area (Å²) in [4.78, 5) is 15.8. The summed E-state index contributed by atoms with van der Waals surface area (Å²) >= 11 is 0. The van der Waals surface area contributed by atoms with Crippen molar-refractivity contribution in [3.05, 3.63) is 187 Å². The van der Waals surface area contributed by atoms with Crippen LogP contribution in [-0.4, -0.2) is 15.0 Å². The molecule has 2 aliphatic rings. The summed E-state index contributed by atoms with van der Waals surface area (Å²) in [6, 6.07) is 54.9. The molecule has 0 saturated carbocycles. The number of allylic oxidation sites excluding steroid dienone is 4. The minimum atomic E-state index is 0.0988. The third-order valence-corrected chi connectivity index (χ3v) is 11.5. The summed E-state index contributed by atoms with van der Waals surface area (Å²) < 4.78 is 13.5. The van der Waals surface area contributed by atoms with E-state index in [1.54, 1.807) is 0 Å². The number of nitrogens with zero attached hydrogens (tertiary/aromatic N) is 3. The molecule has 3 heterocycles. The van der Waals surface area contributed by atoms with Crippen molar-refractivity contribution in [3.63, 3.8) is 0 Å². The van der Waals surface area contributed by atoms with Crippen LogP contribution in [0.25, 0.3) is 94.0 Å². The Hall–Kier alpha value is -7.37. The lowest BCUT2D eigenvalue weighted by Gasteiger charge is -2.20. The van der Waals surface area contributed by atoms with Crippen LogP contribution in [0.2, 0.25) is 0 Å². The molecule has 262 valence electrons. The van der Waals surface area contributed by atoms with Gasteiger partial charge in [0.1, 0.15) is 22.7 Å². The van der Waals surface area contributed by atoms with Crippen LogP contribution in [0.4, 0.5) is 0 Å². The van der Waals surface area contributed by atoms with E-state index in [9.17, 15) is 0 Å². The van der Waals surface area contributed by atoms with Crippen LogP contribution in [0, 0.1) is 0 Å². The molecule has 0 saturated heterocycles. The highest BCUT2D eigenvalue weighted by atomic mass is 16.5. The molecule has 1 aliphatic carbocycles. The van der Waals surface area contributed by atoms with Gasteiger partial charge >= 0.3 is 0 Å². The lowest BCUT2D eigenvalue weighted by molar-refractivity contribution is 0.432. The molecule has 12 rings (SSSR count). The van der Waals surface area contributed by atoms with Crippen molar-refractivity contribution < 1.29 is 9.15 Å². The van der Waals surface area contributed by atoms with Crippen molar-refractivity contribution in [3.8, 4) is 39.9 Å². The van der Waals surface area contributed by atoms with Crippen molar-refractivity contribution in [1.29, 1.82) is 0 Å². The molecule has 10 aromatic rings. The van der Waals surface area contributed by atoms with Crippen LogP contribution in [0.15, 0.2) is 180 Å². The Bertz CT molecular complexity index is 3320. The van der Waals surface area contributed by atoms with E-state index in [0.29, 0.717) is 17.5 Å². The van der Waals surface area contributed by atoms with Crippen LogP contribution in [0.5, 0.6) is 5.75 Å². The molecule has 0 radical (unpaired) electrons. The molecule has 0 fully saturated rings. The summed E-state index contributed by atoms with van der Waals surface area (Å²) in [5.41, 5.74) is 7.52. The van der Waals surface area contributed by atoms with Gasteiger partial charge in [0, 0.05) is 49.9 Å². The first kappa shape index (κ1) is 31.0. The average Bonchev–Trinajstić information content (AvgIpc) is 3.85. The molecule has 5 nitrogen and oxygen atoms in total. The fourth-order valence-corrected chi connectivity index (χ4v) is 8.83. The zero-order valence-corrected chi connectivity index (χ0v) is 30.1. The molecule has 5 heteroatoms. The van der Waals surface area contributed by atoms with E-state index in [1.807, 2.05) is 30.3 Å². The second-order valence-electron chi connectivity index (χ2n) is 14.6. The van der Waals surface area contributed by atoms with Gasteiger partial charge in [-0.05, 0) is 63.2 Å². The summed E-state index contributed by atoms with van der Waals surface area (Å²) in [7, 11) is 0. The molecule has 1 atom stereocenters. The molecular weight excluding hydrogens is 687 g/mol. The van der Waals surface area contributed by atoms with Gasteiger partial charge in [-0.15, -0.1) is 0 Å². The van der Waals surface area contributed by atoms with Crippen molar-refractivity contribution in [2.24, 2.45) is 0 Å². The van der Waals surface area contributed by atoms with Crippen molar-refractivity contribution in [2.75, 3.05) is 0 Å². The smallest absolute Gasteiger partial charge is 0.165 e. The SMILES string of the molecule is C1=CC(c2ccc3oc4ccccc4c3c2-c2nc(-c3ccccc3)nc(-c3ccc4c(ccc5ccccc54)c3)n2)=C2Oc3c(ccc4ccccc34)C2C1. The molecule has 1 aliphatic heterocycles. The second-order valence-corrected chi connectivity index (χ2v) is 14.6. The zero-order chi connectivity index (χ0) is 36.7. The number of furan rings is 1. The van der Waals surface area contributed by atoms with Gasteiger partial charge in [0.05, 0.1) is 0 Å². The monoisotopic (exact) mass is 717 g/mol. The van der Waals surface area contributed by atoms with Crippen LogP contribution in [-0.2, 0) is 0 Å². The number of benzene rings is 8. The number of ether oxygens (including phenoxy) is 1. The standard InChI is InChI=1S/C51H31N3O2/c1-2-13-32(14-3-1)49-52-50(34-24-25-36-33(29-34)22-21-30-11-4-6-15-35(30)36)54-51(53-49)46-38(27-28-44-45(46)42-17-8-9-20-43(42)55-44)39-18-10-19-40-41-26-23-31-12-5-7-16-37(31)47(41)56-48(39)40/h1-18,20-29,40H,19H2. The summed E-state index contributed by atoms with van der Waals surface area (Å²) in [5.74, 6) is 3.77. The molecule has 0 N–H and O–H groups in total. The van der Waals surface area contributed by atoms with Gasteiger partial charge in [-0.2, -0.15) is 0 Å². The van der Waals surface area contributed by atoms with Gasteiger partial charge < -0.3 is 9.15 Å². The first-order valence-electron chi connectivity index (χ1n) is 19.0. The summed E-state index contributed by atoms with van der Waals surface area (Å²) in [6.07, 6.45) is 5.34. The fraction of sp³-hybridized carbons (Fsp3) is 0.0392. The number of aromatic nitrogens is 3. The maximum absolute atomic E-state index is 6.97. The molecule has 0 amide bonds. The maximum atomic E-state index is 6.97. The largest absolute Gasteiger partial charge is 0.459 e. The fourth-order valence-electron chi connectivity index (χ4n) is 8.83. The predicted molar refractivity (Wildman–Crippen MR) is 226 cm³/mol. The Kier molecular flexibility index (Phi) is 6.69. The van der Waals surface area contributed by atoms with E-state index >= 15 is 0 Å². The quantitative estimate of drug-likeness (QED) is 0.170. The number of hydrogen-bond acceptors (Lipinski definition) is 5. The van der Waals surface area contributed by atoms with E-state index in [0.717, 1.165) is 78.5 Å². The van der Waals surface area contributed by atoms with Crippen molar-refractivity contribution in [1.82, 2.24) is 15.0 Å². The van der Waals surface area contributed by atoms with E-state index in [2.05, 4.69) is 140 Å². The van der Waals surface area contributed by atoms with Crippen LogP contribution in [0.1, 0.15) is 23.5 Å². The Balaban J connectivity index is 1.13. The first-order chi connectivity index (χ1) is 27.7. The number of rotatable bonds is 4. The van der Waals surface area contributed by atoms with Gasteiger partial charge in [-0.1, -0.05) is 146 Å². The first-order valence-corrected chi connectivity index (χ1v) is 19.0. The molecule has 0 bridgehead atoms. The van der Waals surface area contributed by atoms with Crippen LogP contribution in [0.3, 0.4) is 0 Å². The normalized spacial score (nSPS) is 14.9. The summed E-state index contributed by atoms with van der Waals surface area (Å²) in [5, 5.41) is 9.01. The molecule has 8 aromatic carbocycles. The van der Waals surface area contributed by atoms with Crippen LogP contribution >= 0.6 is 0 Å². The molecule has 56 heavy (non-hydrogen) atoms. The molecule has 1 unspecified atom stereocenters. The van der Waals surface area contributed by atoms with E-state index in [1.165, 1.54) is 27.1 Å². The third-order valence-electron chi connectivity index (χ3n) is 11.5. The molecule has 0 spiro atoms. The van der Waals surface area contributed by atoms with Crippen molar-refractivity contribution >= 4 is 59.8 Å². The average molecular weight is 718 g/mol. The van der Waals surface area contributed by atoms with Gasteiger partial charge in [0.25, 0.3) is 0 Å². The molecular formula is C51H31N3O2. The Labute approximate surface area is 321 Å². The highest BCUT2D eigenvalue weighted by molar-refractivity contribution is 6.15. The highest BCUT2D eigenvalue weighted by Crippen LogP contribution is 2.52.